The summed E-state index contributed by atoms with van der Waals surface area (Å²) in [4.78, 5) is 24.1. The van der Waals surface area contributed by atoms with E-state index in [1.165, 1.54) is 0 Å². The van der Waals surface area contributed by atoms with Crippen molar-refractivity contribution < 1.29 is 19.1 Å². The van der Waals surface area contributed by atoms with Gasteiger partial charge in [0.15, 0.2) is 6.10 Å². The molecular formula is C17H24ClN3O4. The first-order valence-corrected chi connectivity index (χ1v) is 8.31. The molecule has 2 amide bonds. The van der Waals surface area contributed by atoms with E-state index in [4.69, 9.17) is 9.47 Å². The van der Waals surface area contributed by atoms with Gasteiger partial charge in [-0.1, -0.05) is 13.0 Å². The minimum atomic E-state index is -0.471. The first-order valence-electron chi connectivity index (χ1n) is 8.31. The van der Waals surface area contributed by atoms with Gasteiger partial charge in [0.05, 0.1) is 24.9 Å². The van der Waals surface area contributed by atoms with Crippen molar-refractivity contribution in [2.45, 2.75) is 38.5 Å². The molecule has 0 saturated carbocycles. The minimum Gasteiger partial charge on any atom is -0.478 e. The van der Waals surface area contributed by atoms with E-state index in [2.05, 4.69) is 16.0 Å². The van der Waals surface area contributed by atoms with E-state index in [-0.39, 0.29) is 36.3 Å². The lowest BCUT2D eigenvalue weighted by atomic mass is 10.1. The second-order valence-corrected chi connectivity index (χ2v) is 6.07. The number of carbonyl (C=O) groups is 2. The fourth-order valence-electron chi connectivity index (χ4n) is 2.83. The molecule has 3 rings (SSSR count). The molecule has 0 spiro atoms. The molecule has 3 N–H and O–H groups in total. The van der Waals surface area contributed by atoms with Crippen molar-refractivity contribution in [1.82, 2.24) is 10.6 Å². The van der Waals surface area contributed by atoms with Gasteiger partial charge in [-0.05, 0) is 31.0 Å². The second kappa shape index (κ2) is 8.51. The highest BCUT2D eigenvalue weighted by atomic mass is 35.5. The Morgan fingerprint density at radius 2 is 2.24 bits per heavy atom. The van der Waals surface area contributed by atoms with Crippen LogP contribution in [0.4, 0.5) is 5.69 Å². The van der Waals surface area contributed by atoms with E-state index in [0.29, 0.717) is 37.6 Å². The SMILES string of the molecule is CCC1Oc2cc(C(C)NC(=O)C3COCCN3)ccc2NC1=O.Cl. The molecule has 1 saturated heterocycles. The van der Waals surface area contributed by atoms with E-state index in [0.717, 1.165) is 5.56 Å². The second-order valence-electron chi connectivity index (χ2n) is 6.07. The molecule has 2 aliphatic rings. The Labute approximate surface area is 153 Å². The highest BCUT2D eigenvalue weighted by Gasteiger charge is 2.27. The number of fused-ring (bicyclic) bond motifs is 1. The third-order valence-electron chi connectivity index (χ3n) is 4.29. The van der Waals surface area contributed by atoms with Crippen LogP contribution < -0.4 is 20.7 Å². The zero-order chi connectivity index (χ0) is 17.1. The maximum absolute atomic E-state index is 12.3. The van der Waals surface area contributed by atoms with Crippen LogP contribution in [0.25, 0.3) is 0 Å². The first-order chi connectivity index (χ1) is 11.6. The van der Waals surface area contributed by atoms with E-state index in [1.54, 1.807) is 6.07 Å². The number of morpholine rings is 1. The van der Waals surface area contributed by atoms with Gasteiger partial charge in [0, 0.05) is 6.54 Å². The molecule has 8 heteroatoms. The summed E-state index contributed by atoms with van der Waals surface area (Å²) >= 11 is 0. The van der Waals surface area contributed by atoms with Gasteiger partial charge in [0.25, 0.3) is 5.91 Å². The normalized spacial score (nSPS) is 23.4. The number of hydrogen-bond donors (Lipinski definition) is 3. The highest BCUT2D eigenvalue weighted by molar-refractivity contribution is 5.97. The Balaban J connectivity index is 0.00000225. The summed E-state index contributed by atoms with van der Waals surface area (Å²) in [6.07, 6.45) is 0.135. The van der Waals surface area contributed by atoms with Crippen molar-refractivity contribution >= 4 is 29.9 Å². The summed E-state index contributed by atoms with van der Waals surface area (Å²) in [7, 11) is 0. The van der Waals surface area contributed by atoms with Crippen molar-refractivity contribution in [1.29, 1.82) is 0 Å². The molecule has 3 atom stereocenters. The molecule has 25 heavy (non-hydrogen) atoms. The fraction of sp³-hybridized carbons (Fsp3) is 0.529. The van der Waals surface area contributed by atoms with E-state index < -0.39 is 6.10 Å². The zero-order valence-corrected chi connectivity index (χ0v) is 15.2. The Kier molecular flexibility index (Phi) is 6.64. The number of nitrogens with one attached hydrogen (secondary N) is 3. The van der Waals surface area contributed by atoms with Gasteiger partial charge in [-0.3, -0.25) is 9.59 Å². The maximum atomic E-state index is 12.3. The van der Waals surface area contributed by atoms with Crippen LogP contribution in [0.15, 0.2) is 18.2 Å². The molecule has 1 aromatic rings. The average Bonchev–Trinajstić information content (AvgIpc) is 2.61. The van der Waals surface area contributed by atoms with Crippen LogP contribution in [0, 0.1) is 0 Å². The Morgan fingerprint density at radius 1 is 1.44 bits per heavy atom. The van der Waals surface area contributed by atoms with Crippen LogP contribution in [-0.2, 0) is 14.3 Å². The number of hydrogen-bond acceptors (Lipinski definition) is 5. The predicted octanol–water partition coefficient (Wildman–Crippen LogP) is 1.38. The molecule has 0 radical (unpaired) electrons. The summed E-state index contributed by atoms with van der Waals surface area (Å²) in [5.41, 5.74) is 1.58. The Morgan fingerprint density at radius 3 is 2.92 bits per heavy atom. The molecule has 1 aromatic carbocycles. The summed E-state index contributed by atoms with van der Waals surface area (Å²) in [6, 6.07) is 5.06. The maximum Gasteiger partial charge on any atom is 0.265 e. The molecule has 0 aromatic heterocycles. The van der Waals surface area contributed by atoms with E-state index >= 15 is 0 Å². The van der Waals surface area contributed by atoms with Gasteiger partial charge in [-0.15, -0.1) is 12.4 Å². The molecule has 0 bridgehead atoms. The fourth-order valence-corrected chi connectivity index (χ4v) is 2.83. The largest absolute Gasteiger partial charge is 0.478 e. The van der Waals surface area contributed by atoms with Crippen LogP contribution in [0.2, 0.25) is 0 Å². The summed E-state index contributed by atoms with van der Waals surface area (Å²) < 4.78 is 11.1. The van der Waals surface area contributed by atoms with Crippen LogP contribution in [0.3, 0.4) is 0 Å². The lowest BCUT2D eigenvalue weighted by molar-refractivity contribution is -0.126. The topological polar surface area (TPSA) is 88.7 Å². The lowest BCUT2D eigenvalue weighted by Crippen LogP contribution is -2.51. The quantitative estimate of drug-likeness (QED) is 0.746. The number of anilines is 1. The van der Waals surface area contributed by atoms with Crippen molar-refractivity contribution in [3.8, 4) is 5.75 Å². The van der Waals surface area contributed by atoms with E-state index in [9.17, 15) is 9.59 Å². The molecule has 138 valence electrons. The van der Waals surface area contributed by atoms with Crippen LogP contribution in [-0.4, -0.2) is 43.7 Å². The molecule has 0 aliphatic carbocycles. The first kappa shape index (κ1) is 19.5. The number of halogens is 1. The zero-order valence-electron chi connectivity index (χ0n) is 14.3. The van der Waals surface area contributed by atoms with Crippen LogP contribution in [0.1, 0.15) is 31.9 Å². The van der Waals surface area contributed by atoms with Gasteiger partial charge in [-0.2, -0.15) is 0 Å². The van der Waals surface area contributed by atoms with Gasteiger partial charge in [0.1, 0.15) is 11.8 Å². The summed E-state index contributed by atoms with van der Waals surface area (Å²) in [5.74, 6) is 0.433. The van der Waals surface area contributed by atoms with Gasteiger partial charge in [0.2, 0.25) is 5.91 Å². The average molecular weight is 370 g/mol. The van der Waals surface area contributed by atoms with Gasteiger partial charge in [-0.25, -0.2) is 0 Å². The number of ether oxygens (including phenoxy) is 2. The van der Waals surface area contributed by atoms with Gasteiger partial charge < -0.3 is 25.4 Å². The van der Waals surface area contributed by atoms with Crippen molar-refractivity contribution in [3.63, 3.8) is 0 Å². The number of amides is 2. The summed E-state index contributed by atoms with van der Waals surface area (Å²) in [5, 5.41) is 8.96. The third kappa shape index (κ3) is 4.42. The van der Waals surface area contributed by atoms with Crippen molar-refractivity contribution in [3.05, 3.63) is 23.8 Å². The molecule has 7 nitrogen and oxygen atoms in total. The molecule has 2 heterocycles. The smallest absolute Gasteiger partial charge is 0.265 e. The molecule has 3 unspecified atom stereocenters. The lowest BCUT2D eigenvalue weighted by Gasteiger charge is -2.27. The standard InChI is InChI=1S/C17H23N3O4.ClH/c1-3-14-17(22)20-12-5-4-11(8-15(12)24-14)10(2)19-16(21)13-9-23-7-6-18-13;/h4-5,8,10,13-14,18H,3,6-7,9H2,1-2H3,(H,19,21)(H,20,22);1H. The third-order valence-corrected chi connectivity index (χ3v) is 4.29. The Hall–Kier alpha value is -1.83. The summed E-state index contributed by atoms with van der Waals surface area (Å²) in [6.45, 7) is 5.52. The van der Waals surface area contributed by atoms with Crippen molar-refractivity contribution in [2.24, 2.45) is 0 Å². The molecular weight excluding hydrogens is 346 g/mol. The van der Waals surface area contributed by atoms with Gasteiger partial charge >= 0.3 is 0 Å². The number of carbonyl (C=O) groups excluding carboxylic acids is 2. The monoisotopic (exact) mass is 369 g/mol. The number of benzene rings is 1. The van der Waals surface area contributed by atoms with Crippen LogP contribution >= 0.6 is 12.4 Å². The molecule has 2 aliphatic heterocycles. The predicted molar refractivity (Wildman–Crippen MR) is 96.2 cm³/mol. The molecule has 1 fully saturated rings. The van der Waals surface area contributed by atoms with Crippen molar-refractivity contribution in [2.75, 3.05) is 25.1 Å². The minimum absolute atomic E-state index is 0. The highest BCUT2D eigenvalue weighted by Crippen LogP contribution is 2.32. The van der Waals surface area contributed by atoms with Crippen LogP contribution in [0.5, 0.6) is 5.75 Å². The number of rotatable bonds is 4. The Bertz CT molecular complexity index is 634. The van der Waals surface area contributed by atoms with E-state index in [1.807, 2.05) is 26.0 Å².